The van der Waals surface area contributed by atoms with Gasteiger partial charge >= 0.3 is 0 Å². The summed E-state index contributed by atoms with van der Waals surface area (Å²) in [5.74, 6) is 2.29. The van der Waals surface area contributed by atoms with Gasteiger partial charge in [0.05, 0.1) is 10.6 Å². The summed E-state index contributed by atoms with van der Waals surface area (Å²) in [6, 6.07) is 4.07. The normalized spacial score (nSPS) is 14.1. The molecule has 1 aliphatic carbocycles. The third-order valence-electron chi connectivity index (χ3n) is 4.12. The van der Waals surface area contributed by atoms with Crippen LogP contribution < -0.4 is 0 Å². The van der Waals surface area contributed by atoms with Crippen LogP contribution in [-0.4, -0.2) is 44.4 Å². The zero-order chi connectivity index (χ0) is 16.9. The summed E-state index contributed by atoms with van der Waals surface area (Å²) in [6.45, 7) is 6.80. The van der Waals surface area contributed by atoms with Crippen LogP contribution in [0.15, 0.2) is 22.7 Å². The van der Waals surface area contributed by atoms with Crippen molar-refractivity contribution in [2.75, 3.05) is 18.8 Å². The molecule has 0 atom stereocenters. The molecule has 7 heteroatoms. The first kappa shape index (κ1) is 17.5. The molecule has 0 radical (unpaired) electrons. The van der Waals surface area contributed by atoms with Crippen molar-refractivity contribution in [1.29, 1.82) is 0 Å². The average Bonchev–Trinajstić information content (AvgIpc) is 3.09. The Kier molecular flexibility index (Phi) is 5.94. The van der Waals surface area contributed by atoms with Crippen molar-refractivity contribution in [2.45, 2.75) is 44.8 Å². The lowest BCUT2D eigenvalue weighted by atomic mass is 10.3. The van der Waals surface area contributed by atoms with Gasteiger partial charge in [0.25, 0.3) is 0 Å². The number of amides is 1. The summed E-state index contributed by atoms with van der Waals surface area (Å²) in [4.78, 5) is 15.7. The highest BCUT2D eigenvalue weighted by molar-refractivity contribution is 7.99. The number of carbonyl (C=O) groups is 1. The SMILES string of the molecule is CCCN(CC1CC1)C(=O)CSc1nnc(-c2cccs2)n1CC. The zero-order valence-corrected chi connectivity index (χ0v) is 15.9. The van der Waals surface area contributed by atoms with E-state index < -0.39 is 0 Å². The number of hydrogen-bond donors (Lipinski definition) is 0. The highest BCUT2D eigenvalue weighted by atomic mass is 32.2. The van der Waals surface area contributed by atoms with E-state index in [9.17, 15) is 4.79 Å². The molecule has 2 heterocycles. The lowest BCUT2D eigenvalue weighted by Gasteiger charge is -2.21. The van der Waals surface area contributed by atoms with Crippen LogP contribution in [0.3, 0.4) is 0 Å². The highest BCUT2D eigenvalue weighted by Crippen LogP contribution is 2.30. The number of rotatable bonds is 9. The van der Waals surface area contributed by atoms with E-state index in [0.29, 0.717) is 5.75 Å². The minimum atomic E-state index is 0.220. The van der Waals surface area contributed by atoms with E-state index in [4.69, 9.17) is 0 Å². The topological polar surface area (TPSA) is 51.0 Å². The van der Waals surface area contributed by atoms with Gasteiger partial charge in [0.1, 0.15) is 0 Å². The molecule has 2 aromatic heterocycles. The number of thioether (sulfide) groups is 1. The van der Waals surface area contributed by atoms with Crippen molar-refractivity contribution in [3.8, 4) is 10.7 Å². The van der Waals surface area contributed by atoms with E-state index in [1.165, 1.54) is 24.6 Å². The van der Waals surface area contributed by atoms with Crippen molar-refractivity contribution in [1.82, 2.24) is 19.7 Å². The second kappa shape index (κ2) is 8.16. The molecule has 0 aliphatic heterocycles. The maximum absolute atomic E-state index is 12.6. The molecule has 24 heavy (non-hydrogen) atoms. The third-order valence-corrected chi connectivity index (χ3v) is 5.94. The van der Waals surface area contributed by atoms with Gasteiger partial charge in [-0.15, -0.1) is 21.5 Å². The molecule has 0 saturated heterocycles. The zero-order valence-electron chi connectivity index (χ0n) is 14.3. The monoisotopic (exact) mass is 364 g/mol. The van der Waals surface area contributed by atoms with E-state index in [0.717, 1.165) is 47.8 Å². The van der Waals surface area contributed by atoms with Gasteiger partial charge < -0.3 is 9.47 Å². The molecule has 1 saturated carbocycles. The number of aromatic nitrogens is 3. The first-order chi connectivity index (χ1) is 11.7. The van der Waals surface area contributed by atoms with Crippen LogP contribution in [0.4, 0.5) is 0 Å². The van der Waals surface area contributed by atoms with Crippen LogP contribution in [0.1, 0.15) is 33.1 Å². The second-order valence-electron chi connectivity index (χ2n) is 6.10. The molecule has 1 fully saturated rings. The van der Waals surface area contributed by atoms with Gasteiger partial charge in [-0.1, -0.05) is 24.8 Å². The highest BCUT2D eigenvalue weighted by Gasteiger charge is 2.26. The predicted molar refractivity (Wildman–Crippen MR) is 99.3 cm³/mol. The molecule has 0 bridgehead atoms. The molecule has 0 spiro atoms. The van der Waals surface area contributed by atoms with Gasteiger partial charge in [0, 0.05) is 19.6 Å². The van der Waals surface area contributed by atoms with Gasteiger partial charge in [-0.3, -0.25) is 4.79 Å². The molecule has 1 amide bonds. The van der Waals surface area contributed by atoms with Crippen molar-refractivity contribution >= 4 is 29.0 Å². The van der Waals surface area contributed by atoms with E-state index >= 15 is 0 Å². The van der Waals surface area contributed by atoms with Crippen molar-refractivity contribution in [2.24, 2.45) is 5.92 Å². The van der Waals surface area contributed by atoms with Gasteiger partial charge in [-0.2, -0.15) is 0 Å². The summed E-state index contributed by atoms with van der Waals surface area (Å²) < 4.78 is 2.09. The van der Waals surface area contributed by atoms with Crippen LogP contribution in [0, 0.1) is 5.92 Å². The first-order valence-corrected chi connectivity index (χ1v) is 10.5. The lowest BCUT2D eigenvalue weighted by Crippen LogP contribution is -2.35. The third kappa shape index (κ3) is 4.19. The molecule has 0 N–H and O–H groups in total. The summed E-state index contributed by atoms with van der Waals surface area (Å²) >= 11 is 3.16. The molecule has 130 valence electrons. The smallest absolute Gasteiger partial charge is 0.233 e. The van der Waals surface area contributed by atoms with E-state index in [1.807, 2.05) is 16.3 Å². The number of carbonyl (C=O) groups excluding carboxylic acids is 1. The van der Waals surface area contributed by atoms with Gasteiger partial charge in [0.15, 0.2) is 11.0 Å². The largest absolute Gasteiger partial charge is 0.342 e. The minimum absolute atomic E-state index is 0.220. The van der Waals surface area contributed by atoms with Gasteiger partial charge in [-0.05, 0) is 43.6 Å². The second-order valence-corrected chi connectivity index (χ2v) is 7.99. The number of nitrogens with zero attached hydrogens (tertiary/aromatic N) is 4. The van der Waals surface area contributed by atoms with Crippen LogP contribution >= 0.6 is 23.1 Å². The Hall–Kier alpha value is -1.34. The van der Waals surface area contributed by atoms with Gasteiger partial charge in [-0.25, -0.2) is 0 Å². The summed E-state index contributed by atoms with van der Waals surface area (Å²) in [6.07, 6.45) is 3.56. The van der Waals surface area contributed by atoms with E-state index in [2.05, 4.69) is 34.7 Å². The average molecular weight is 365 g/mol. The summed E-state index contributed by atoms with van der Waals surface area (Å²) in [7, 11) is 0. The number of hydrogen-bond acceptors (Lipinski definition) is 5. The first-order valence-electron chi connectivity index (χ1n) is 8.60. The Morgan fingerprint density at radius 3 is 2.88 bits per heavy atom. The summed E-state index contributed by atoms with van der Waals surface area (Å²) in [5.41, 5.74) is 0. The van der Waals surface area contributed by atoms with Crippen molar-refractivity contribution in [3.05, 3.63) is 17.5 Å². The Bertz CT molecular complexity index is 664. The molecular weight excluding hydrogens is 340 g/mol. The molecule has 0 unspecified atom stereocenters. The van der Waals surface area contributed by atoms with Crippen LogP contribution in [0.25, 0.3) is 10.7 Å². The molecular formula is C17H24N4OS2. The Morgan fingerprint density at radius 1 is 1.42 bits per heavy atom. The quantitative estimate of drug-likeness (QED) is 0.636. The molecule has 5 nitrogen and oxygen atoms in total. The minimum Gasteiger partial charge on any atom is -0.342 e. The lowest BCUT2D eigenvalue weighted by molar-refractivity contribution is -0.128. The predicted octanol–water partition coefficient (Wildman–Crippen LogP) is 3.77. The van der Waals surface area contributed by atoms with Gasteiger partial charge in [0.2, 0.25) is 5.91 Å². The Balaban J connectivity index is 1.64. The fraction of sp³-hybridized carbons (Fsp3) is 0.588. The Labute approximate surface area is 151 Å². The van der Waals surface area contributed by atoms with Crippen LogP contribution in [-0.2, 0) is 11.3 Å². The molecule has 0 aromatic carbocycles. The van der Waals surface area contributed by atoms with E-state index in [-0.39, 0.29) is 5.91 Å². The number of thiophene rings is 1. The standard InChI is InChI=1S/C17H24N4OS2/c1-3-9-20(11-13-7-8-13)15(22)12-24-17-19-18-16(21(17)4-2)14-6-5-10-23-14/h5-6,10,13H,3-4,7-9,11-12H2,1-2H3. The van der Waals surface area contributed by atoms with Crippen molar-refractivity contribution in [3.63, 3.8) is 0 Å². The molecule has 2 aromatic rings. The molecule has 3 rings (SSSR count). The summed E-state index contributed by atoms with van der Waals surface area (Å²) in [5, 5.41) is 11.5. The fourth-order valence-corrected chi connectivity index (χ4v) is 4.31. The Morgan fingerprint density at radius 2 is 2.25 bits per heavy atom. The van der Waals surface area contributed by atoms with E-state index in [1.54, 1.807) is 11.3 Å². The molecule has 1 aliphatic rings. The fourth-order valence-electron chi connectivity index (χ4n) is 2.69. The maximum Gasteiger partial charge on any atom is 0.233 e. The van der Waals surface area contributed by atoms with Crippen LogP contribution in [0.5, 0.6) is 0 Å². The van der Waals surface area contributed by atoms with Crippen LogP contribution in [0.2, 0.25) is 0 Å². The maximum atomic E-state index is 12.6. The van der Waals surface area contributed by atoms with Crippen molar-refractivity contribution < 1.29 is 4.79 Å².